The summed E-state index contributed by atoms with van der Waals surface area (Å²) in [5, 5.41) is 3.09. The highest BCUT2D eigenvalue weighted by atomic mass is 79.9. The van der Waals surface area contributed by atoms with Gasteiger partial charge in [-0.15, -0.1) is 23.5 Å². The molecule has 8 aliphatic heterocycles. The van der Waals surface area contributed by atoms with Crippen LogP contribution in [0.5, 0.6) is 0 Å². The molecule has 8 saturated heterocycles. The first-order valence-electron chi connectivity index (χ1n) is 51.1. The number of aryl methyl sites for hydroxylation is 8. The van der Waals surface area contributed by atoms with Crippen molar-refractivity contribution in [3.05, 3.63) is 243 Å². The first-order chi connectivity index (χ1) is 68.7. The Balaban J connectivity index is 0.000000131. The number of likely N-dealkylation sites (tertiary alicyclic amines) is 7. The van der Waals surface area contributed by atoms with E-state index in [0.717, 1.165) is 302 Å². The number of rotatable bonds is 12. The second-order valence-corrected chi connectivity index (χ2v) is 52.9. The Morgan fingerprint density at radius 2 is 0.566 bits per heavy atom. The number of aromatic nitrogens is 4. The smallest absolute Gasteiger partial charge is 0.236 e. The number of pyridine rings is 4. The molecule has 143 heavy (non-hydrogen) atoms. The second-order valence-electron chi connectivity index (χ2n) is 40.9. The number of hydrogen-bond donors (Lipinski definition) is 0. The molecule has 5 aliphatic carbocycles. The van der Waals surface area contributed by atoms with E-state index in [1.165, 1.54) is 131 Å². The molecule has 4 aromatic heterocycles. The van der Waals surface area contributed by atoms with E-state index in [1.54, 1.807) is 0 Å². The van der Waals surface area contributed by atoms with Crippen LogP contribution in [-0.4, -0.2) is 243 Å². The fraction of sp³-hybridized carbons (Fsp3) is 0.541. The molecule has 8 aromatic rings. The molecule has 4 aromatic carbocycles. The Labute approximate surface area is 941 Å². The molecule has 4 atom stereocenters. The third-order valence-corrected chi connectivity index (χ3v) is 41.5. The van der Waals surface area contributed by atoms with Gasteiger partial charge in [0.2, 0.25) is 23.6 Å². The lowest BCUT2D eigenvalue weighted by Crippen LogP contribution is -2.48. The van der Waals surface area contributed by atoms with Gasteiger partial charge in [-0.2, -0.15) is 0 Å². The van der Waals surface area contributed by atoms with Crippen LogP contribution in [0.2, 0.25) is 20.1 Å². The minimum Gasteiger partial charge on any atom is -0.343 e. The summed E-state index contributed by atoms with van der Waals surface area (Å²) in [6, 6.07) is 25.5. The summed E-state index contributed by atoms with van der Waals surface area (Å²) in [4.78, 5) is 101. The average molecular weight is 2570 g/mol. The molecular weight excluding hydrogens is 2440 g/mol. The van der Waals surface area contributed by atoms with Crippen molar-refractivity contribution in [2.75, 3.05) is 144 Å². The van der Waals surface area contributed by atoms with Gasteiger partial charge >= 0.3 is 0 Å². The standard InChI is InChI=1S/C28H32Br2ClN3OS2.C28H32Br2ClN3O.2C27H31Br2ClN4O.CH4/c29-21-13-20-2-1-19-14-22(31)15-23(30)25(19)26(27(20)32-16-21)18-3-7-34(8-4-18)24(35)17-33-9-5-28(6-10-33)36-11-12-37-28;1-32-23-6-2-17(3-7-23)12-25(35)34-10-8-18(9-11-34)27-26-19(14-22(31)15-24(26)30)4-5-20-13-21(29)16-33-28(20)27;2*1-31-22-6-8-33(9-7-22)16-24(35)34-10-4-17(5-11-34)26-25-18(13-21(30)14-23(25)29)2-3-19-12-20(28)15-32-27(19)26;/h13-16,18,26H,1-12,17H2;13-18,27H,2-12H2,1H3;2*12-15,17,26H,2-11,16H2,1H3;1H4/t26-;17?,27-;2*26-;/m1111./s1. The van der Waals surface area contributed by atoms with E-state index in [-0.39, 0.29) is 42.9 Å². The van der Waals surface area contributed by atoms with Crippen LogP contribution in [0.4, 0.5) is 0 Å². The molecule has 0 bridgehead atoms. The minimum absolute atomic E-state index is 0. The molecule has 0 radical (unpaired) electrons. The van der Waals surface area contributed by atoms with Crippen molar-refractivity contribution >= 4 is 238 Å². The SMILES string of the molecule is C.CN=C1CCC(CC(=O)N2CCC([C@H]3c4ncc(Br)cc4CCc4cc(Cl)cc(Br)c43)CC2)CC1.CN=C1CCN(CC(=O)N2CCC([C@H]3c4ncc(Br)cc4CCc4cc(Cl)cc(Br)c43)CC2)CC1.CN=C1CCN(CC(=O)N2CCC([C@H]3c4ncc(Br)cc4CCc4cc(Cl)cc(Br)c43)CC2)CC1.O=C(CN1CCC2(CC1)SCCS2)N1CCC([C@H]2c3ncc(Br)cc3CCc3cc(Cl)cc(Br)c32)CC1. The highest BCUT2D eigenvalue weighted by Gasteiger charge is 2.45. The van der Waals surface area contributed by atoms with Gasteiger partial charge in [0, 0.05) is 252 Å². The maximum absolute atomic E-state index is 13.3. The molecular formula is C111H130Br8Cl4N14O4S2. The van der Waals surface area contributed by atoms with Gasteiger partial charge in [-0.25, -0.2) is 0 Å². The number of carbonyl (C=O) groups is 4. The average Bonchev–Trinajstić information content (AvgIpc) is 1.69. The summed E-state index contributed by atoms with van der Waals surface area (Å²) >= 11 is 60.0. The monoisotopic (exact) mass is 2560 g/mol. The number of benzene rings is 4. The minimum atomic E-state index is 0. The van der Waals surface area contributed by atoms with Gasteiger partial charge in [-0.3, -0.25) is 68.8 Å². The van der Waals surface area contributed by atoms with Gasteiger partial charge in [0.1, 0.15) is 0 Å². The molecule has 1 spiro atoms. The summed E-state index contributed by atoms with van der Waals surface area (Å²) in [5.74, 6) is 6.81. The zero-order valence-electron chi connectivity index (χ0n) is 81.2. The molecule has 32 heteroatoms. The highest BCUT2D eigenvalue weighted by molar-refractivity contribution is 9.11. The van der Waals surface area contributed by atoms with E-state index in [4.69, 9.17) is 66.3 Å². The summed E-state index contributed by atoms with van der Waals surface area (Å²) in [7, 11) is 5.62. The molecule has 0 N–H and O–H groups in total. The normalized spacial score (nSPS) is 22.3. The molecule has 0 unspecified atom stereocenters. The van der Waals surface area contributed by atoms with Crippen molar-refractivity contribution in [2.24, 2.45) is 44.6 Å². The van der Waals surface area contributed by atoms with Crippen molar-refractivity contribution in [3.63, 3.8) is 0 Å². The number of nitrogens with zero attached hydrogens (tertiary/aromatic N) is 14. The maximum Gasteiger partial charge on any atom is 0.236 e. The number of piperidine rings is 7. The molecule has 12 heterocycles. The Kier molecular flexibility index (Phi) is 39.0. The first kappa shape index (κ1) is 110. The predicted molar refractivity (Wildman–Crippen MR) is 617 cm³/mol. The van der Waals surface area contributed by atoms with E-state index in [9.17, 15) is 19.2 Å². The molecule has 1 saturated carbocycles. The van der Waals surface area contributed by atoms with E-state index < -0.39 is 0 Å². The number of hydrogen-bond acceptors (Lipinski definition) is 16. The van der Waals surface area contributed by atoms with Crippen molar-refractivity contribution < 1.29 is 19.2 Å². The molecule has 18 nitrogen and oxygen atoms in total. The van der Waals surface area contributed by atoms with E-state index in [0.29, 0.717) is 71.5 Å². The van der Waals surface area contributed by atoms with E-state index in [1.807, 2.05) is 70.2 Å². The van der Waals surface area contributed by atoms with Crippen molar-refractivity contribution in [1.82, 2.24) is 54.2 Å². The number of fused-ring (bicyclic) bond motifs is 8. The summed E-state index contributed by atoms with van der Waals surface area (Å²) < 4.78 is 8.83. The van der Waals surface area contributed by atoms with Gasteiger partial charge in [-0.05, 0) is 400 Å². The third-order valence-electron chi connectivity index (χ3n) is 32.6. The van der Waals surface area contributed by atoms with Gasteiger partial charge in [0.05, 0.1) is 46.5 Å². The highest BCUT2D eigenvalue weighted by Crippen LogP contribution is 2.54. The third kappa shape index (κ3) is 26.7. The van der Waals surface area contributed by atoms with E-state index in [2.05, 4.69) is 249 Å². The number of halogens is 12. The molecule has 21 rings (SSSR count). The number of carbonyl (C=O) groups excluding carboxylic acids is 4. The Hall–Kier alpha value is -4.05. The van der Waals surface area contributed by atoms with Crippen LogP contribution in [0.1, 0.15) is 243 Å². The van der Waals surface area contributed by atoms with E-state index >= 15 is 0 Å². The van der Waals surface area contributed by atoms with Crippen LogP contribution in [0.3, 0.4) is 0 Å². The van der Waals surface area contributed by atoms with Gasteiger partial charge in [-0.1, -0.05) is 118 Å². The second kappa shape index (κ2) is 50.7. The number of amides is 4. The first-order valence-corrected chi connectivity index (χ1v) is 60.9. The summed E-state index contributed by atoms with van der Waals surface area (Å²) in [6.45, 7) is 14.0. The van der Waals surface area contributed by atoms with Gasteiger partial charge in [0.15, 0.2) is 0 Å². The fourth-order valence-corrected chi connectivity index (χ4v) is 34.1. The van der Waals surface area contributed by atoms with Crippen LogP contribution in [0.15, 0.2) is 148 Å². The molecule has 13 aliphatic rings. The number of aliphatic imine (C=N–C) groups is 3. The van der Waals surface area contributed by atoms with Crippen LogP contribution in [0.25, 0.3) is 0 Å². The molecule has 9 fully saturated rings. The fourth-order valence-electron chi connectivity index (χ4n) is 25.0. The lowest BCUT2D eigenvalue weighted by Gasteiger charge is -2.40. The quantitative estimate of drug-likeness (QED) is 0.113. The van der Waals surface area contributed by atoms with Gasteiger partial charge < -0.3 is 19.6 Å². The van der Waals surface area contributed by atoms with Crippen molar-refractivity contribution in [2.45, 2.75) is 209 Å². The van der Waals surface area contributed by atoms with Crippen LogP contribution < -0.4 is 0 Å². The molecule has 764 valence electrons. The van der Waals surface area contributed by atoms with Crippen molar-refractivity contribution in [1.29, 1.82) is 0 Å². The zero-order chi connectivity index (χ0) is 99.1. The lowest BCUT2D eigenvalue weighted by atomic mass is 9.76. The largest absolute Gasteiger partial charge is 0.343 e. The van der Waals surface area contributed by atoms with Crippen LogP contribution >= 0.6 is 197 Å². The summed E-state index contributed by atoms with van der Waals surface area (Å²) in [5.41, 5.74) is 24.4. The van der Waals surface area contributed by atoms with Gasteiger partial charge in [0.25, 0.3) is 0 Å². The van der Waals surface area contributed by atoms with Crippen molar-refractivity contribution in [3.8, 4) is 0 Å². The Morgan fingerprint density at radius 1 is 0.322 bits per heavy atom. The van der Waals surface area contributed by atoms with Crippen LogP contribution in [-0.2, 0) is 70.5 Å². The number of thioether (sulfide) groups is 2. The Bertz CT molecular complexity index is 5600. The zero-order valence-corrected chi connectivity index (χ0v) is 98.6. The lowest BCUT2D eigenvalue weighted by molar-refractivity contribution is -0.134. The topological polar surface area (TPSA) is 180 Å². The predicted octanol–water partition coefficient (Wildman–Crippen LogP) is 26.8. The molecule has 4 amide bonds. The maximum atomic E-state index is 13.3. The Morgan fingerprint density at radius 3 is 0.832 bits per heavy atom. The summed E-state index contributed by atoms with van der Waals surface area (Å²) in [6.07, 6.45) is 34.6. The van der Waals surface area contributed by atoms with Crippen LogP contribution in [0, 0.1) is 29.6 Å².